The summed E-state index contributed by atoms with van der Waals surface area (Å²) in [6.45, 7) is 0. The van der Waals surface area contributed by atoms with Crippen molar-refractivity contribution in [1.29, 1.82) is 0 Å². The van der Waals surface area contributed by atoms with Gasteiger partial charge in [-0.15, -0.1) is 0 Å². The summed E-state index contributed by atoms with van der Waals surface area (Å²) < 4.78 is 44.5. The number of nitrogen functional groups attached to an aromatic ring is 1. The number of benzene rings is 2. The van der Waals surface area contributed by atoms with Crippen molar-refractivity contribution in [2.75, 3.05) is 10.5 Å². The van der Waals surface area contributed by atoms with Crippen LogP contribution in [0.2, 0.25) is 0 Å². The molecule has 0 saturated heterocycles. The lowest BCUT2D eigenvalue weighted by Gasteiger charge is -2.11. The van der Waals surface area contributed by atoms with E-state index >= 15 is 4.39 Å². The zero-order chi connectivity index (χ0) is 22.3. The number of nitro groups is 1. The predicted octanol–water partition coefficient (Wildman–Crippen LogP) is 3.07. The minimum Gasteiger partial charge on any atom is -0.383 e. The van der Waals surface area contributed by atoms with Crippen molar-refractivity contribution < 1.29 is 17.7 Å². The molecule has 0 aliphatic heterocycles. The van der Waals surface area contributed by atoms with Crippen LogP contribution in [0, 0.1) is 15.9 Å². The van der Waals surface area contributed by atoms with Crippen molar-refractivity contribution >= 4 is 38.2 Å². The fourth-order valence-electron chi connectivity index (χ4n) is 3.21. The van der Waals surface area contributed by atoms with E-state index in [1.54, 1.807) is 17.8 Å². The normalized spacial score (nSPS) is 11.5. The average Bonchev–Trinajstić information content (AvgIpc) is 3.07. The molecule has 0 atom stereocenters. The van der Waals surface area contributed by atoms with E-state index in [4.69, 9.17) is 5.73 Å². The molecule has 0 aliphatic carbocycles. The van der Waals surface area contributed by atoms with E-state index in [2.05, 4.69) is 14.7 Å². The first-order chi connectivity index (χ1) is 14.7. The lowest BCUT2D eigenvalue weighted by molar-refractivity contribution is -0.384. The van der Waals surface area contributed by atoms with E-state index in [9.17, 15) is 18.5 Å². The summed E-state index contributed by atoms with van der Waals surface area (Å²) in [6, 6.07) is 8.51. The molecule has 2 heterocycles. The SMILES string of the molecule is Cn1cc(-c2cccc(NS(=O)(=O)c3ccc([N+](=O)[O-])cc3)c2F)c2c(N)ncnc21. The van der Waals surface area contributed by atoms with Gasteiger partial charge in [0.25, 0.3) is 15.7 Å². The summed E-state index contributed by atoms with van der Waals surface area (Å²) in [5.74, 6) is -0.652. The zero-order valence-corrected chi connectivity index (χ0v) is 16.8. The summed E-state index contributed by atoms with van der Waals surface area (Å²) in [4.78, 5) is 18.0. The van der Waals surface area contributed by atoms with E-state index in [1.165, 1.54) is 24.5 Å². The second kappa shape index (κ2) is 7.32. The first-order valence-electron chi connectivity index (χ1n) is 8.80. The molecule has 0 bridgehead atoms. The van der Waals surface area contributed by atoms with Crippen LogP contribution in [-0.4, -0.2) is 27.9 Å². The molecule has 3 N–H and O–H groups in total. The van der Waals surface area contributed by atoms with Gasteiger partial charge in [-0.25, -0.2) is 22.8 Å². The van der Waals surface area contributed by atoms with Crippen LogP contribution in [0.5, 0.6) is 0 Å². The van der Waals surface area contributed by atoms with Crippen LogP contribution in [0.15, 0.2) is 59.9 Å². The molecule has 4 rings (SSSR count). The van der Waals surface area contributed by atoms with Gasteiger partial charge in [0, 0.05) is 36.5 Å². The zero-order valence-electron chi connectivity index (χ0n) is 16.0. The van der Waals surface area contributed by atoms with Crippen LogP contribution in [0.4, 0.5) is 21.6 Å². The van der Waals surface area contributed by atoms with Crippen LogP contribution in [0.3, 0.4) is 0 Å². The number of rotatable bonds is 5. The molecule has 0 saturated carbocycles. The molecule has 0 radical (unpaired) electrons. The van der Waals surface area contributed by atoms with Crippen molar-refractivity contribution in [1.82, 2.24) is 14.5 Å². The average molecular weight is 442 g/mol. The summed E-state index contributed by atoms with van der Waals surface area (Å²) >= 11 is 0. The number of hydrogen-bond acceptors (Lipinski definition) is 7. The Morgan fingerprint density at radius 1 is 1.13 bits per heavy atom. The van der Waals surface area contributed by atoms with Crippen LogP contribution < -0.4 is 10.5 Å². The monoisotopic (exact) mass is 442 g/mol. The number of nitro benzene ring substituents is 1. The minimum atomic E-state index is -4.19. The summed E-state index contributed by atoms with van der Waals surface area (Å²) in [6.07, 6.45) is 2.93. The van der Waals surface area contributed by atoms with Gasteiger partial charge in [0.1, 0.15) is 17.8 Å². The quantitative estimate of drug-likeness (QED) is 0.357. The van der Waals surface area contributed by atoms with Crippen molar-refractivity contribution in [3.8, 4) is 11.1 Å². The second-order valence-electron chi connectivity index (χ2n) is 6.63. The lowest BCUT2D eigenvalue weighted by Crippen LogP contribution is -2.14. The molecule has 0 fully saturated rings. The number of nitrogens with zero attached hydrogens (tertiary/aromatic N) is 4. The molecule has 4 aromatic rings. The molecule has 0 unspecified atom stereocenters. The van der Waals surface area contributed by atoms with Gasteiger partial charge in [0.15, 0.2) is 5.82 Å². The largest absolute Gasteiger partial charge is 0.383 e. The molecular formula is C19H15FN6O4S. The highest BCUT2D eigenvalue weighted by molar-refractivity contribution is 7.92. The Labute approximate surface area is 175 Å². The third kappa shape index (κ3) is 3.53. The molecule has 31 heavy (non-hydrogen) atoms. The molecule has 12 heteroatoms. The van der Waals surface area contributed by atoms with Crippen molar-refractivity contribution in [3.63, 3.8) is 0 Å². The highest BCUT2D eigenvalue weighted by Crippen LogP contribution is 2.36. The fourth-order valence-corrected chi connectivity index (χ4v) is 4.27. The van der Waals surface area contributed by atoms with E-state index in [1.807, 2.05) is 0 Å². The van der Waals surface area contributed by atoms with Gasteiger partial charge in [0.05, 0.1) is 20.9 Å². The van der Waals surface area contributed by atoms with Crippen molar-refractivity contribution in [3.05, 3.63) is 70.9 Å². The highest BCUT2D eigenvalue weighted by Gasteiger charge is 2.22. The molecule has 0 spiro atoms. The Morgan fingerprint density at radius 3 is 2.52 bits per heavy atom. The molecule has 0 amide bonds. The number of halogens is 1. The van der Waals surface area contributed by atoms with E-state index in [0.29, 0.717) is 16.6 Å². The van der Waals surface area contributed by atoms with Gasteiger partial charge >= 0.3 is 0 Å². The Hall–Kier alpha value is -4.06. The third-order valence-corrected chi connectivity index (χ3v) is 6.06. The van der Waals surface area contributed by atoms with E-state index < -0.39 is 20.8 Å². The number of hydrogen-bond donors (Lipinski definition) is 2. The first-order valence-corrected chi connectivity index (χ1v) is 10.3. The molecule has 2 aromatic heterocycles. The molecule has 0 aliphatic rings. The third-order valence-electron chi connectivity index (χ3n) is 4.67. The number of aryl methyl sites for hydroxylation is 1. The summed E-state index contributed by atoms with van der Waals surface area (Å²) in [5.41, 5.74) is 6.42. The van der Waals surface area contributed by atoms with Crippen LogP contribution in [-0.2, 0) is 17.1 Å². The number of fused-ring (bicyclic) bond motifs is 1. The van der Waals surface area contributed by atoms with Gasteiger partial charge in [-0.3, -0.25) is 14.8 Å². The Kier molecular flexibility index (Phi) is 4.78. The molecule has 10 nitrogen and oxygen atoms in total. The maximum Gasteiger partial charge on any atom is 0.269 e. The second-order valence-corrected chi connectivity index (χ2v) is 8.32. The highest BCUT2D eigenvalue weighted by atomic mass is 32.2. The topological polar surface area (TPSA) is 146 Å². The Bertz CT molecular complexity index is 1430. The van der Waals surface area contributed by atoms with Gasteiger partial charge in [-0.05, 0) is 18.2 Å². The standard InChI is InChI=1S/C19H15FN6O4S/c1-25-9-14(16-18(21)22-10-23-19(16)25)13-3-2-4-15(17(13)20)24-31(29,30)12-7-5-11(6-8-12)26(27)28/h2-10,24H,1H3,(H2,21,22,23). The Morgan fingerprint density at radius 2 is 1.84 bits per heavy atom. The van der Waals surface area contributed by atoms with E-state index in [-0.39, 0.29) is 27.7 Å². The summed E-state index contributed by atoms with van der Waals surface area (Å²) in [5, 5.41) is 11.2. The van der Waals surface area contributed by atoms with Crippen LogP contribution >= 0.6 is 0 Å². The molecule has 2 aromatic carbocycles. The minimum absolute atomic E-state index is 0.107. The smallest absolute Gasteiger partial charge is 0.269 e. The number of nitrogens with one attached hydrogen (secondary N) is 1. The molecular weight excluding hydrogens is 427 g/mol. The van der Waals surface area contributed by atoms with Crippen molar-refractivity contribution in [2.45, 2.75) is 4.90 Å². The van der Waals surface area contributed by atoms with Gasteiger partial charge < -0.3 is 10.3 Å². The van der Waals surface area contributed by atoms with Gasteiger partial charge in [-0.2, -0.15) is 0 Å². The van der Waals surface area contributed by atoms with Crippen LogP contribution in [0.25, 0.3) is 22.2 Å². The van der Waals surface area contributed by atoms with Gasteiger partial charge in [0.2, 0.25) is 0 Å². The number of aromatic nitrogens is 3. The summed E-state index contributed by atoms with van der Waals surface area (Å²) in [7, 11) is -2.47. The first kappa shape index (κ1) is 20.2. The predicted molar refractivity (Wildman–Crippen MR) is 112 cm³/mol. The fraction of sp³-hybridized carbons (Fsp3) is 0.0526. The number of anilines is 2. The number of non-ortho nitro benzene ring substituents is 1. The molecule has 158 valence electrons. The van der Waals surface area contributed by atoms with Gasteiger partial charge in [-0.1, -0.05) is 12.1 Å². The Balaban J connectivity index is 1.76. The maximum atomic E-state index is 15.3. The maximum absolute atomic E-state index is 15.3. The van der Waals surface area contributed by atoms with Crippen LogP contribution in [0.1, 0.15) is 0 Å². The van der Waals surface area contributed by atoms with Crippen molar-refractivity contribution in [2.24, 2.45) is 7.05 Å². The van der Waals surface area contributed by atoms with E-state index in [0.717, 1.165) is 24.3 Å². The number of sulfonamides is 1. The lowest BCUT2D eigenvalue weighted by atomic mass is 10.0. The number of nitrogens with two attached hydrogens (primary N) is 1.